The van der Waals surface area contributed by atoms with Gasteiger partial charge < -0.3 is 10.1 Å². The molecule has 21 heavy (non-hydrogen) atoms. The van der Waals surface area contributed by atoms with E-state index < -0.39 is 12.8 Å². The van der Waals surface area contributed by atoms with Crippen LogP contribution in [0.4, 0.5) is 18.9 Å². The van der Waals surface area contributed by atoms with Crippen molar-refractivity contribution in [2.24, 2.45) is 0 Å². The second-order valence-corrected chi connectivity index (χ2v) is 4.62. The largest absolute Gasteiger partial charge is 0.484 e. The Morgan fingerprint density at radius 1 is 1.19 bits per heavy atom. The van der Waals surface area contributed by atoms with Crippen molar-refractivity contribution >= 4 is 17.3 Å². The summed E-state index contributed by atoms with van der Waals surface area (Å²) in [6, 6.07) is 9.89. The molecule has 1 aromatic heterocycles. The highest BCUT2D eigenvalue weighted by Crippen LogP contribution is 2.23. The topological polar surface area (TPSA) is 34.1 Å². The van der Waals surface area contributed by atoms with E-state index in [9.17, 15) is 13.2 Å². The summed E-state index contributed by atoms with van der Waals surface area (Å²) in [6.07, 6.45) is -2.82. The first-order valence-electron chi connectivity index (χ1n) is 6.07. The summed E-state index contributed by atoms with van der Waals surface area (Å²) in [5, 5.41) is 3.39. The second kappa shape index (κ2) is 6.67. The molecule has 0 fully saturated rings. The maximum atomic E-state index is 12.2. The predicted octanol–water partition coefficient (Wildman–Crippen LogP) is 4.29. The Labute approximate surface area is 124 Å². The third kappa shape index (κ3) is 5.15. The molecule has 0 spiro atoms. The number of nitrogens with one attached hydrogen (secondary N) is 1. The Hall–Kier alpha value is -1.95. The fourth-order valence-corrected chi connectivity index (χ4v) is 1.83. The van der Waals surface area contributed by atoms with E-state index in [0.29, 0.717) is 17.3 Å². The molecule has 2 aromatic rings. The Morgan fingerprint density at radius 3 is 2.67 bits per heavy atom. The highest BCUT2D eigenvalue weighted by molar-refractivity contribution is 6.29. The van der Waals surface area contributed by atoms with Crippen LogP contribution in [0.3, 0.4) is 0 Å². The van der Waals surface area contributed by atoms with E-state index in [4.69, 9.17) is 16.3 Å². The smallest absolute Gasteiger partial charge is 0.422 e. The Balaban J connectivity index is 2.03. The van der Waals surface area contributed by atoms with Crippen LogP contribution in [0.25, 0.3) is 0 Å². The molecule has 0 aliphatic carbocycles. The van der Waals surface area contributed by atoms with Gasteiger partial charge in [-0.15, -0.1) is 0 Å². The molecule has 7 heteroatoms. The zero-order valence-electron chi connectivity index (χ0n) is 10.8. The summed E-state index contributed by atoms with van der Waals surface area (Å²) in [4.78, 5) is 3.84. The number of ether oxygens (including phenoxy) is 1. The lowest BCUT2D eigenvalue weighted by atomic mass is 10.2. The van der Waals surface area contributed by atoms with Crippen molar-refractivity contribution in [1.82, 2.24) is 4.98 Å². The van der Waals surface area contributed by atoms with Crippen molar-refractivity contribution in [3.05, 3.63) is 53.3 Å². The van der Waals surface area contributed by atoms with Gasteiger partial charge in [0.05, 0.1) is 0 Å². The van der Waals surface area contributed by atoms with Crippen molar-refractivity contribution < 1.29 is 17.9 Å². The van der Waals surface area contributed by atoms with Crippen molar-refractivity contribution in [3.8, 4) is 5.75 Å². The fraction of sp³-hybridized carbons (Fsp3) is 0.214. The molecule has 0 aliphatic rings. The summed E-state index contributed by atoms with van der Waals surface area (Å²) < 4.78 is 41.4. The number of rotatable bonds is 5. The minimum atomic E-state index is -4.36. The molecule has 3 nitrogen and oxygen atoms in total. The Kier molecular flexibility index (Phi) is 4.90. The molecular weight excluding hydrogens is 305 g/mol. The van der Waals surface area contributed by atoms with Crippen LogP contribution in [0.15, 0.2) is 42.6 Å². The highest BCUT2D eigenvalue weighted by Gasteiger charge is 2.28. The molecule has 1 aromatic carbocycles. The molecule has 0 saturated heterocycles. The molecule has 0 unspecified atom stereocenters. The first-order chi connectivity index (χ1) is 9.94. The van der Waals surface area contributed by atoms with Gasteiger partial charge in [0.25, 0.3) is 0 Å². The number of hydrogen-bond acceptors (Lipinski definition) is 3. The minimum Gasteiger partial charge on any atom is -0.484 e. The molecule has 0 amide bonds. The molecular formula is C14H12ClF3N2O. The van der Waals surface area contributed by atoms with Crippen molar-refractivity contribution in [1.29, 1.82) is 0 Å². The van der Waals surface area contributed by atoms with Gasteiger partial charge in [0.15, 0.2) is 6.61 Å². The first kappa shape index (κ1) is 15.4. The van der Waals surface area contributed by atoms with E-state index in [0.717, 1.165) is 5.69 Å². The molecule has 0 atom stereocenters. The number of pyridine rings is 1. The third-order valence-electron chi connectivity index (χ3n) is 2.57. The minimum absolute atomic E-state index is 0.197. The normalized spacial score (nSPS) is 11.2. The van der Waals surface area contributed by atoms with E-state index in [1.54, 1.807) is 30.3 Å². The van der Waals surface area contributed by atoms with E-state index in [1.807, 2.05) is 0 Å². The average molecular weight is 317 g/mol. The van der Waals surface area contributed by atoms with Gasteiger partial charge in [-0.3, -0.25) is 0 Å². The maximum Gasteiger partial charge on any atom is 0.422 e. The van der Waals surface area contributed by atoms with E-state index in [1.165, 1.54) is 12.3 Å². The lowest BCUT2D eigenvalue weighted by Crippen LogP contribution is -2.20. The second-order valence-electron chi connectivity index (χ2n) is 4.23. The lowest BCUT2D eigenvalue weighted by molar-refractivity contribution is -0.153. The standard InChI is InChI=1S/C14H12ClF3N2O/c15-13-7-11(5-6-19-13)20-8-10-3-1-2-4-12(10)21-9-14(16,17)18/h1-7H,8-9H2,(H,19,20). The first-order valence-corrected chi connectivity index (χ1v) is 6.45. The van der Waals surface area contributed by atoms with Gasteiger partial charge >= 0.3 is 6.18 Å². The summed E-state index contributed by atoms with van der Waals surface area (Å²) in [5.41, 5.74) is 1.34. The summed E-state index contributed by atoms with van der Waals surface area (Å²) in [5.74, 6) is 0.197. The van der Waals surface area contributed by atoms with Crippen molar-refractivity contribution in [2.45, 2.75) is 12.7 Å². The molecule has 1 heterocycles. The molecule has 1 N–H and O–H groups in total. The number of aromatic nitrogens is 1. The summed E-state index contributed by atoms with van der Waals surface area (Å²) >= 11 is 5.76. The molecule has 0 radical (unpaired) electrons. The quantitative estimate of drug-likeness (QED) is 0.836. The Bertz CT molecular complexity index is 605. The van der Waals surface area contributed by atoms with Crippen LogP contribution in [-0.4, -0.2) is 17.8 Å². The van der Waals surface area contributed by atoms with Crippen LogP contribution in [-0.2, 0) is 6.54 Å². The number of hydrogen-bond donors (Lipinski definition) is 1. The number of nitrogens with zero attached hydrogens (tertiary/aromatic N) is 1. The van der Waals surface area contributed by atoms with Crippen LogP contribution in [0, 0.1) is 0 Å². The molecule has 0 saturated carbocycles. The van der Waals surface area contributed by atoms with Crippen molar-refractivity contribution in [2.75, 3.05) is 11.9 Å². The molecule has 2 rings (SSSR count). The van der Waals surface area contributed by atoms with Crippen LogP contribution >= 0.6 is 11.6 Å². The maximum absolute atomic E-state index is 12.2. The van der Waals surface area contributed by atoms with Gasteiger partial charge in [-0.1, -0.05) is 29.8 Å². The van der Waals surface area contributed by atoms with Gasteiger partial charge in [0, 0.05) is 24.0 Å². The van der Waals surface area contributed by atoms with Crippen LogP contribution in [0.5, 0.6) is 5.75 Å². The number of para-hydroxylation sites is 1. The molecule has 0 bridgehead atoms. The number of anilines is 1. The number of halogens is 4. The third-order valence-corrected chi connectivity index (χ3v) is 2.78. The van der Waals surface area contributed by atoms with Crippen molar-refractivity contribution in [3.63, 3.8) is 0 Å². The van der Waals surface area contributed by atoms with Gasteiger partial charge in [0.1, 0.15) is 10.9 Å². The van der Waals surface area contributed by atoms with Gasteiger partial charge in [0.2, 0.25) is 0 Å². The SMILES string of the molecule is FC(F)(F)COc1ccccc1CNc1ccnc(Cl)c1. The van der Waals surface area contributed by atoms with Gasteiger partial charge in [-0.05, 0) is 18.2 Å². The summed E-state index contributed by atoms with van der Waals surface area (Å²) in [7, 11) is 0. The predicted molar refractivity (Wildman–Crippen MR) is 74.6 cm³/mol. The fourth-order valence-electron chi connectivity index (χ4n) is 1.66. The van der Waals surface area contributed by atoms with Crippen LogP contribution < -0.4 is 10.1 Å². The number of alkyl halides is 3. The van der Waals surface area contributed by atoms with Crippen LogP contribution in [0.2, 0.25) is 5.15 Å². The average Bonchev–Trinajstić information content (AvgIpc) is 2.43. The molecule has 112 valence electrons. The zero-order chi connectivity index (χ0) is 15.3. The highest BCUT2D eigenvalue weighted by atomic mass is 35.5. The molecule has 0 aliphatic heterocycles. The zero-order valence-corrected chi connectivity index (χ0v) is 11.6. The monoisotopic (exact) mass is 316 g/mol. The van der Waals surface area contributed by atoms with E-state index in [2.05, 4.69) is 10.3 Å². The Morgan fingerprint density at radius 2 is 1.95 bits per heavy atom. The number of benzene rings is 1. The van der Waals surface area contributed by atoms with Crippen LogP contribution in [0.1, 0.15) is 5.56 Å². The van der Waals surface area contributed by atoms with E-state index >= 15 is 0 Å². The van der Waals surface area contributed by atoms with Gasteiger partial charge in [-0.2, -0.15) is 13.2 Å². The lowest BCUT2D eigenvalue weighted by Gasteiger charge is -2.14. The summed E-state index contributed by atoms with van der Waals surface area (Å²) in [6.45, 7) is -1.00. The van der Waals surface area contributed by atoms with E-state index in [-0.39, 0.29) is 5.75 Å². The van der Waals surface area contributed by atoms with Gasteiger partial charge in [-0.25, -0.2) is 4.98 Å².